The lowest BCUT2D eigenvalue weighted by atomic mass is 10.2. The standard InChI is InChI=1S/C16H18FN3O/c1-3-6-18-15-14(5-4-7-19-15)16(21)20-13-9-11(2)8-12(17)10-13/h4-5,7-10H,3,6H2,1-2H3,(H,18,19)(H,20,21). The molecule has 0 saturated carbocycles. The summed E-state index contributed by atoms with van der Waals surface area (Å²) < 4.78 is 13.4. The molecule has 0 saturated heterocycles. The van der Waals surface area contributed by atoms with Crippen LogP contribution in [0.25, 0.3) is 0 Å². The molecule has 0 bridgehead atoms. The number of halogens is 1. The minimum absolute atomic E-state index is 0.313. The third-order valence-electron chi connectivity index (χ3n) is 2.89. The Morgan fingerprint density at radius 2 is 2.14 bits per heavy atom. The number of carbonyl (C=O) groups excluding carboxylic acids is 1. The summed E-state index contributed by atoms with van der Waals surface area (Å²) in [7, 11) is 0. The first-order valence-corrected chi connectivity index (χ1v) is 6.87. The first kappa shape index (κ1) is 15.0. The second-order valence-corrected chi connectivity index (χ2v) is 4.80. The predicted molar refractivity (Wildman–Crippen MR) is 82.1 cm³/mol. The van der Waals surface area contributed by atoms with E-state index in [1.807, 2.05) is 6.92 Å². The van der Waals surface area contributed by atoms with Gasteiger partial charge in [-0.1, -0.05) is 6.92 Å². The Morgan fingerprint density at radius 1 is 1.33 bits per heavy atom. The van der Waals surface area contributed by atoms with E-state index in [0.717, 1.165) is 18.5 Å². The van der Waals surface area contributed by atoms with Gasteiger partial charge in [0, 0.05) is 18.4 Å². The van der Waals surface area contributed by atoms with E-state index in [0.29, 0.717) is 17.1 Å². The van der Waals surface area contributed by atoms with E-state index in [2.05, 4.69) is 15.6 Å². The van der Waals surface area contributed by atoms with Gasteiger partial charge in [0.15, 0.2) is 0 Å². The molecule has 0 radical (unpaired) electrons. The second-order valence-electron chi connectivity index (χ2n) is 4.80. The zero-order chi connectivity index (χ0) is 15.2. The molecule has 0 fully saturated rings. The molecule has 0 spiro atoms. The smallest absolute Gasteiger partial charge is 0.259 e. The number of nitrogens with one attached hydrogen (secondary N) is 2. The fourth-order valence-corrected chi connectivity index (χ4v) is 1.98. The van der Waals surface area contributed by atoms with Crippen LogP contribution in [0.5, 0.6) is 0 Å². The van der Waals surface area contributed by atoms with Gasteiger partial charge in [-0.25, -0.2) is 9.37 Å². The highest BCUT2D eigenvalue weighted by Gasteiger charge is 2.12. The van der Waals surface area contributed by atoms with Crippen LogP contribution >= 0.6 is 0 Å². The number of pyridine rings is 1. The summed E-state index contributed by atoms with van der Waals surface area (Å²) in [6, 6.07) is 7.81. The van der Waals surface area contributed by atoms with Crippen molar-refractivity contribution in [2.45, 2.75) is 20.3 Å². The van der Waals surface area contributed by atoms with Crippen molar-refractivity contribution in [1.29, 1.82) is 0 Å². The Bertz CT molecular complexity index is 623. The van der Waals surface area contributed by atoms with Gasteiger partial charge in [-0.05, 0) is 49.2 Å². The molecule has 2 rings (SSSR count). The van der Waals surface area contributed by atoms with Crippen molar-refractivity contribution in [2.24, 2.45) is 0 Å². The average Bonchev–Trinajstić information content (AvgIpc) is 2.44. The van der Waals surface area contributed by atoms with E-state index in [9.17, 15) is 9.18 Å². The molecule has 0 aliphatic carbocycles. The number of rotatable bonds is 5. The molecule has 2 N–H and O–H groups in total. The Hall–Kier alpha value is -2.43. The van der Waals surface area contributed by atoms with Crippen molar-refractivity contribution in [2.75, 3.05) is 17.2 Å². The molecular formula is C16H18FN3O. The van der Waals surface area contributed by atoms with E-state index in [-0.39, 0.29) is 11.7 Å². The van der Waals surface area contributed by atoms with Crippen LogP contribution in [0.4, 0.5) is 15.9 Å². The number of anilines is 2. The van der Waals surface area contributed by atoms with E-state index >= 15 is 0 Å². The summed E-state index contributed by atoms with van der Waals surface area (Å²) in [6.07, 6.45) is 2.56. The highest BCUT2D eigenvalue weighted by Crippen LogP contribution is 2.17. The summed E-state index contributed by atoms with van der Waals surface area (Å²) in [5.41, 5.74) is 1.62. The van der Waals surface area contributed by atoms with Gasteiger partial charge in [0.25, 0.3) is 5.91 Å². The average molecular weight is 287 g/mol. The van der Waals surface area contributed by atoms with Gasteiger partial charge in [0.05, 0.1) is 5.56 Å². The maximum absolute atomic E-state index is 13.4. The minimum Gasteiger partial charge on any atom is -0.369 e. The van der Waals surface area contributed by atoms with Crippen LogP contribution in [-0.4, -0.2) is 17.4 Å². The summed E-state index contributed by atoms with van der Waals surface area (Å²) in [5, 5.41) is 5.80. The van der Waals surface area contributed by atoms with Gasteiger partial charge < -0.3 is 10.6 Å². The van der Waals surface area contributed by atoms with Crippen molar-refractivity contribution in [3.05, 3.63) is 53.5 Å². The van der Waals surface area contributed by atoms with Gasteiger partial charge in [0.2, 0.25) is 0 Å². The molecule has 5 heteroatoms. The van der Waals surface area contributed by atoms with Gasteiger partial charge in [-0.2, -0.15) is 0 Å². The number of nitrogens with zero attached hydrogens (tertiary/aromatic N) is 1. The number of aryl methyl sites for hydroxylation is 1. The van der Waals surface area contributed by atoms with Gasteiger partial charge in [-0.15, -0.1) is 0 Å². The van der Waals surface area contributed by atoms with E-state index in [4.69, 9.17) is 0 Å². The molecule has 0 aliphatic rings. The Morgan fingerprint density at radius 3 is 2.86 bits per heavy atom. The molecule has 1 amide bonds. The molecule has 4 nitrogen and oxygen atoms in total. The van der Waals surface area contributed by atoms with Crippen LogP contribution in [0.1, 0.15) is 29.3 Å². The summed E-state index contributed by atoms with van der Waals surface area (Å²) in [4.78, 5) is 16.5. The number of benzene rings is 1. The predicted octanol–water partition coefficient (Wildman–Crippen LogP) is 3.60. The van der Waals surface area contributed by atoms with Crippen molar-refractivity contribution >= 4 is 17.4 Å². The number of carbonyl (C=O) groups is 1. The third-order valence-corrected chi connectivity index (χ3v) is 2.89. The van der Waals surface area contributed by atoms with Crippen LogP contribution in [0.2, 0.25) is 0 Å². The SMILES string of the molecule is CCCNc1ncccc1C(=O)Nc1cc(C)cc(F)c1. The first-order valence-electron chi connectivity index (χ1n) is 6.87. The highest BCUT2D eigenvalue weighted by atomic mass is 19.1. The lowest BCUT2D eigenvalue weighted by molar-refractivity contribution is 0.102. The first-order chi connectivity index (χ1) is 10.1. The molecular weight excluding hydrogens is 269 g/mol. The Labute approximate surface area is 123 Å². The lowest BCUT2D eigenvalue weighted by Gasteiger charge is -2.11. The fourth-order valence-electron chi connectivity index (χ4n) is 1.98. The Kier molecular flexibility index (Phi) is 4.87. The van der Waals surface area contributed by atoms with Crippen LogP contribution in [0.3, 0.4) is 0 Å². The van der Waals surface area contributed by atoms with Crippen molar-refractivity contribution < 1.29 is 9.18 Å². The molecule has 0 atom stereocenters. The number of hydrogen-bond donors (Lipinski definition) is 2. The molecule has 1 aromatic carbocycles. The summed E-state index contributed by atoms with van der Waals surface area (Å²) in [6.45, 7) is 4.54. The van der Waals surface area contributed by atoms with Crippen LogP contribution < -0.4 is 10.6 Å². The fraction of sp³-hybridized carbons (Fsp3) is 0.250. The number of hydrogen-bond acceptors (Lipinski definition) is 3. The van der Waals surface area contributed by atoms with E-state index < -0.39 is 0 Å². The zero-order valence-electron chi connectivity index (χ0n) is 12.1. The maximum atomic E-state index is 13.4. The molecule has 0 unspecified atom stereocenters. The molecule has 21 heavy (non-hydrogen) atoms. The van der Waals surface area contributed by atoms with Crippen LogP contribution in [-0.2, 0) is 0 Å². The summed E-state index contributed by atoms with van der Waals surface area (Å²) in [5.74, 6) is -0.155. The number of amides is 1. The van der Waals surface area contributed by atoms with E-state index in [1.165, 1.54) is 12.1 Å². The van der Waals surface area contributed by atoms with Gasteiger partial charge >= 0.3 is 0 Å². The molecule has 1 heterocycles. The lowest BCUT2D eigenvalue weighted by Crippen LogP contribution is -2.16. The number of aromatic nitrogens is 1. The van der Waals surface area contributed by atoms with Gasteiger partial charge in [0.1, 0.15) is 11.6 Å². The Balaban J connectivity index is 2.20. The minimum atomic E-state index is -0.374. The topological polar surface area (TPSA) is 54.0 Å². The summed E-state index contributed by atoms with van der Waals surface area (Å²) >= 11 is 0. The highest BCUT2D eigenvalue weighted by molar-refractivity contribution is 6.07. The second kappa shape index (κ2) is 6.83. The third kappa shape index (κ3) is 4.02. The van der Waals surface area contributed by atoms with E-state index in [1.54, 1.807) is 31.3 Å². The van der Waals surface area contributed by atoms with Crippen molar-refractivity contribution in [3.8, 4) is 0 Å². The van der Waals surface area contributed by atoms with Gasteiger partial charge in [-0.3, -0.25) is 4.79 Å². The molecule has 1 aromatic heterocycles. The zero-order valence-corrected chi connectivity index (χ0v) is 12.1. The molecule has 0 aliphatic heterocycles. The molecule has 2 aromatic rings. The monoisotopic (exact) mass is 287 g/mol. The van der Waals surface area contributed by atoms with Crippen LogP contribution in [0, 0.1) is 12.7 Å². The van der Waals surface area contributed by atoms with Crippen LogP contribution in [0.15, 0.2) is 36.5 Å². The van der Waals surface area contributed by atoms with Crippen molar-refractivity contribution in [1.82, 2.24) is 4.98 Å². The molecule has 110 valence electrons. The quantitative estimate of drug-likeness (QED) is 0.883. The largest absolute Gasteiger partial charge is 0.369 e. The maximum Gasteiger partial charge on any atom is 0.259 e. The normalized spacial score (nSPS) is 10.2. The van der Waals surface area contributed by atoms with Crippen molar-refractivity contribution in [3.63, 3.8) is 0 Å².